The first-order valence-corrected chi connectivity index (χ1v) is 8.25. The Hall–Kier alpha value is -1.27. The Bertz CT molecular complexity index is 580. The summed E-state index contributed by atoms with van der Waals surface area (Å²) < 4.78 is 32.2. The molecule has 1 saturated carbocycles. The molecule has 0 atom stereocenters. The normalized spacial score (nSPS) is 15.8. The van der Waals surface area contributed by atoms with E-state index in [-0.39, 0.29) is 22.5 Å². The molecule has 1 fully saturated rings. The predicted molar refractivity (Wildman–Crippen MR) is 79.2 cm³/mol. The van der Waals surface area contributed by atoms with Crippen molar-refractivity contribution in [2.75, 3.05) is 19.4 Å². The van der Waals surface area contributed by atoms with Gasteiger partial charge in [-0.1, -0.05) is 13.8 Å². The molecule has 1 aromatic carbocycles. The van der Waals surface area contributed by atoms with E-state index < -0.39 is 10.0 Å². The van der Waals surface area contributed by atoms with E-state index >= 15 is 0 Å². The predicted octanol–water partition coefficient (Wildman–Crippen LogP) is 2.09. The smallest absolute Gasteiger partial charge is 0.245 e. The number of hydrogen-bond acceptors (Lipinski definition) is 4. The second-order valence-electron chi connectivity index (χ2n) is 5.60. The van der Waals surface area contributed by atoms with Gasteiger partial charge in [-0.05, 0) is 30.9 Å². The van der Waals surface area contributed by atoms with Gasteiger partial charge < -0.3 is 10.5 Å². The number of rotatable bonds is 6. The average molecular weight is 298 g/mol. The van der Waals surface area contributed by atoms with E-state index in [0.717, 1.165) is 12.8 Å². The van der Waals surface area contributed by atoms with Crippen LogP contribution in [0.3, 0.4) is 0 Å². The van der Waals surface area contributed by atoms with Gasteiger partial charge in [0.15, 0.2) is 0 Å². The minimum Gasteiger partial charge on any atom is -0.497 e. The molecule has 1 aliphatic carbocycles. The third kappa shape index (κ3) is 3.07. The number of sulfonamides is 1. The largest absolute Gasteiger partial charge is 0.497 e. The van der Waals surface area contributed by atoms with Crippen LogP contribution in [-0.4, -0.2) is 32.4 Å². The van der Waals surface area contributed by atoms with Crippen molar-refractivity contribution >= 4 is 15.7 Å². The van der Waals surface area contributed by atoms with Gasteiger partial charge in [-0.15, -0.1) is 0 Å². The Morgan fingerprint density at radius 1 is 1.40 bits per heavy atom. The SMILES string of the molecule is COc1ccc(S(=O)(=O)N(CC(C)C)C2CC2)c(N)c1. The van der Waals surface area contributed by atoms with Gasteiger partial charge in [-0.25, -0.2) is 8.42 Å². The molecule has 112 valence electrons. The first kappa shape index (κ1) is 15.1. The second-order valence-corrected chi connectivity index (χ2v) is 7.46. The van der Waals surface area contributed by atoms with Gasteiger partial charge in [0, 0.05) is 18.7 Å². The van der Waals surface area contributed by atoms with Gasteiger partial charge in [0.05, 0.1) is 12.8 Å². The third-order valence-corrected chi connectivity index (χ3v) is 5.30. The van der Waals surface area contributed by atoms with Crippen molar-refractivity contribution in [1.82, 2.24) is 4.31 Å². The van der Waals surface area contributed by atoms with Crippen molar-refractivity contribution in [3.63, 3.8) is 0 Å². The zero-order valence-electron chi connectivity index (χ0n) is 12.2. The van der Waals surface area contributed by atoms with Crippen LogP contribution >= 0.6 is 0 Å². The molecule has 2 N–H and O–H groups in total. The van der Waals surface area contributed by atoms with E-state index in [9.17, 15) is 8.42 Å². The fraction of sp³-hybridized carbons (Fsp3) is 0.571. The highest BCUT2D eigenvalue weighted by molar-refractivity contribution is 7.89. The molecule has 1 aromatic rings. The summed E-state index contributed by atoms with van der Waals surface area (Å²) in [6.45, 7) is 4.56. The molecule has 5 nitrogen and oxygen atoms in total. The highest BCUT2D eigenvalue weighted by atomic mass is 32.2. The molecule has 0 heterocycles. The minimum atomic E-state index is -3.54. The van der Waals surface area contributed by atoms with Gasteiger partial charge in [0.25, 0.3) is 0 Å². The summed E-state index contributed by atoms with van der Waals surface area (Å²) in [6.07, 6.45) is 1.87. The van der Waals surface area contributed by atoms with Crippen LogP contribution in [0.25, 0.3) is 0 Å². The first-order valence-electron chi connectivity index (χ1n) is 6.81. The number of nitrogens with zero attached hydrogens (tertiary/aromatic N) is 1. The van der Waals surface area contributed by atoms with Crippen molar-refractivity contribution in [3.8, 4) is 5.75 Å². The van der Waals surface area contributed by atoms with E-state index in [2.05, 4.69) is 0 Å². The second kappa shape index (κ2) is 5.61. The Kier molecular flexibility index (Phi) is 4.25. The number of benzene rings is 1. The topological polar surface area (TPSA) is 72.6 Å². The van der Waals surface area contributed by atoms with Gasteiger partial charge in [-0.3, -0.25) is 0 Å². The van der Waals surface area contributed by atoms with Crippen LogP contribution in [0.15, 0.2) is 23.1 Å². The van der Waals surface area contributed by atoms with E-state index in [1.165, 1.54) is 13.2 Å². The summed E-state index contributed by atoms with van der Waals surface area (Å²) in [6, 6.07) is 4.83. The lowest BCUT2D eigenvalue weighted by atomic mass is 10.2. The lowest BCUT2D eigenvalue weighted by molar-refractivity contribution is 0.360. The molecular weight excluding hydrogens is 276 g/mol. The Labute approximate surface area is 120 Å². The summed E-state index contributed by atoms with van der Waals surface area (Å²) in [7, 11) is -2.01. The maximum Gasteiger partial charge on any atom is 0.245 e. The average Bonchev–Trinajstić information content (AvgIpc) is 3.19. The van der Waals surface area contributed by atoms with E-state index in [1.54, 1.807) is 16.4 Å². The minimum absolute atomic E-state index is 0.129. The summed E-state index contributed by atoms with van der Waals surface area (Å²) in [5, 5.41) is 0. The Morgan fingerprint density at radius 3 is 2.50 bits per heavy atom. The van der Waals surface area contributed by atoms with Crippen LogP contribution in [0, 0.1) is 5.92 Å². The van der Waals surface area contributed by atoms with Crippen LogP contribution in [-0.2, 0) is 10.0 Å². The molecule has 2 rings (SSSR count). The van der Waals surface area contributed by atoms with Crippen LogP contribution in [0.2, 0.25) is 0 Å². The summed E-state index contributed by atoms with van der Waals surface area (Å²) in [5.41, 5.74) is 6.12. The van der Waals surface area contributed by atoms with Crippen LogP contribution in [0.4, 0.5) is 5.69 Å². The molecule has 0 unspecified atom stereocenters. The fourth-order valence-electron chi connectivity index (χ4n) is 2.18. The van der Waals surface area contributed by atoms with E-state index in [0.29, 0.717) is 12.3 Å². The standard InChI is InChI=1S/C14H22N2O3S/c1-10(2)9-16(11-4-5-11)20(17,18)14-7-6-12(19-3)8-13(14)15/h6-8,10-11H,4-5,9,15H2,1-3H3. The van der Waals surface area contributed by atoms with Gasteiger partial charge in [-0.2, -0.15) is 4.31 Å². The molecule has 0 amide bonds. The highest BCUT2D eigenvalue weighted by Gasteiger charge is 2.39. The number of ether oxygens (including phenoxy) is 1. The molecule has 20 heavy (non-hydrogen) atoms. The van der Waals surface area contributed by atoms with E-state index in [4.69, 9.17) is 10.5 Å². The molecule has 1 aliphatic rings. The number of nitrogen functional groups attached to an aromatic ring is 1. The molecule has 0 aromatic heterocycles. The number of methoxy groups -OCH3 is 1. The zero-order valence-corrected chi connectivity index (χ0v) is 13.0. The fourth-order valence-corrected chi connectivity index (χ4v) is 4.13. The number of hydrogen-bond donors (Lipinski definition) is 1. The monoisotopic (exact) mass is 298 g/mol. The Balaban J connectivity index is 2.37. The van der Waals surface area contributed by atoms with Crippen molar-refractivity contribution in [1.29, 1.82) is 0 Å². The molecule has 0 bridgehead atoms. The van der Waals surface area contributed by atoms with Crippen molar-refractivity contribution < 1.29 is 13.2 Å². The lowest BCUT2D eigenvalue weighted by Gasteiger charge is -2.24. The number of nitrogens with two attached hydrogens (primary N) is 1. The van der Waals surface area contributed by atoms with Crippen molar-refractivity contribution in [2.24, 2.45) is 5.92 Å². The molecule has 0 spiro atoms. The molecule has 0 aliphatic heterocycles. The van der Waals surface area contributed by atoms with Crippen LogP contribution < -0.4 is 10.5 Å². The van der Waals surface area contributed by atoms with Gasteiger partial charge in [0.2, 0.25) is 10.0 Å². The third-order valence-electron chi connectivity index (χ3n) is 3.30. The lowest BCUT2D eigenvalue weighted by Crippen LogP contribution is -2.36. The van der Waals surface area contributed by atoms with Gasteiger partial charge >= 0.3 is 0 Å². The van der Waals surface area contributed by atoms with Crippen LogP contribution in [0.1, 0.15) is 26.7 Å². The first-order chi connectivity index (χ1) is 9.36. The maximum absolute atomic E-state index is 12.8. The van der Waals surface area contributed by atoms with Crippen molar-refractivity contribution in [3.05, 3.63) is 18.2 Å². The maximum atomic E-state index is 12.8. The van der Waals surface area contributed by atoms with Crippen molar-refractivity contribution in [2.45, 2.75) is 37.6 Å². The van der Waals surface area contributed by atoms with Gasteiger partial charge in [0.1, 0.15) is 10.6 Å². The quantitative estimate of drug-likeness (QED) is 0.816. The summed E-state index contributed by atoms with van der Waals surface area (Å²) in [4.78, 5) is 0.172. The highest BCUT2D eigenvalue weighted by Crippen LogP contribution is 2.35. The summed E-state index contributed by atoms with van der Waals surface area (Å²) in [5.74, 6) is 0.841. The summed E-state index contributed by atoms with van der Waals surface area (Å²) >= 11 is 0. The molecule has 6 heteroatoms. The number of anilines is 1. The zero-order chi connectivity index (χ0) is 14.9. The molecule has 0 saturated heterocycles. The van der Waals surface area contributed by atoms with E-state index in [1.807, 2.05) is 13.8 Å². The Morgan fingerprint density at radius 2 is 2.05 bits per heavy atom. The molecular formula is C14H22N2O3S. The van der Waals surface area contributed by atoms with Crippen LogP contribution in [0.5, 0.6) is 5.75 Å². The molecule has 0 radical (unpaired) electrons.